The lowest BCUT2D eigenvalue weighted by atomic mass is 9.92. The van der Waals surface area contributed by atoms with Crippen LogP contribution in [0.25, 0.3) is 33.0 Å². The largest absolute Gasteiger partial charge is 0.493 e. The maximum Gasteiger partial charge on any atom is 0.168 e. The van der Waals surface area contributed by atoms with Gasteiger partial charge in [0.15, 0.2) is 23.0 Å². The zero-order chi connectivity index (χ0) is 25.8. The lowest BCUT2D eigenvalue weighted by molar-refractivity contribution is 0.355. The first-order valence-electron chi connectivity index (χ1n) is 12.1. The summed E-state index contributed by atoms with van der Waals surface area (Å²) in [5.41, 5.74) is 6.39. The number of methoxy groups -OCH3 is 4. The number of hydrogen-bond acceptors (Lipinski definition) is 5. The highest BCUT2D eigenvalue weighted by atomic mass is 16.5. The Hall–Kier alpha value is -4.51. The molecule has 0 aliphatic carbocycles. The number of rotatable bonds is 8. The molecule has 37 heavy (non-hydrogen) atoms. The number of ether oxygens (including phenoxy) is 4. The van der Waals surface area contributed by atoms with E-state index >= 15 is 0 Å². The Kier molecular flexibility index (Phi) is 6.95. The summed E-state index contributed by atoms with van der Waals surface area (Å²) in [7, 11) is 6.62. The highest BCUT2D eigenvalue weighted by Crippen LogP contribution is 2.42. The predicted molar refractivity (Wildman–Crippen MR) is 148 cm³/mol. The van der Waals surface area contributed by atoms with E-state index in [1.165, 1.54) is 5.56 Å². The van der Waals surface area contributed by atoms with E-state index in [-0.39, 0.29) is 0 Å². The summed E-state index contributed by atoms with van der Waals surface area (Å²) >= 11 is 0. The fourth-order valence-electron chi connectivity index (χ4n) is 4.77. The van der Waals surface area contributed by atoms with Crippen molar-refractivity contribution in [1.29, 1.82) is 0 Å². The van der Waals surface area contributed by atoms with Gasteiger partial charge in [-0.25, -0.2) is 0 Å². The van der Waals surface area contributed by atoms with Gasteiger partial charge in [0, 0.05) is 23.6 Å². The summed E-state index contributed by atoms with van der Waals surface area (Å²) in [5, 5.41) is 2.05. The Morgan fingerprint density at radius 1 is 0.595 bits per heavy atom. The van der Waals surface area contributed by atoms with E-state index in [1.54, 1.807) is 28.4 Å². The molecule has 5 rings (SSSR count). The predicted octanol–water partition coefficient (Wildman–Crippen LogP) is 7.19. The number of benzene rings is 4. The number of pyridine rings is 1. The number of aromatic nitrogens is 1. The van der Waals surface area contributed by atoms with Gasteiger partial charge in [-0.15, -0.1) is 0 Å². The first kappa shape index (κ1) is 24.2. The molecule has 5 aromatic rings. The van der Waals surface area contributed by atoms with Crippen molar-refractivity contribution in [1.82, 2.24) is 4.98 Å². The normalized spacial score (nSPS) is 10.8. The number of fused-ring (bicyclic) bond motifs is 1. The van der Waals surface area contributed by atoms with Crippen LogP contribution in [0, 0.1) is 0 Å². The second-order valence-corrected chi connectivity index (χ2v) is 8.64. The fraction of sp³-hybridized carbons (Fsp3) is 0.156. The molecule has 4 aromatic carbocycles. The van der Waals surface area contributed by atoms with E-state index in [4.69, 9.17) is 23.9 Å². The highest BCUT2D eigenvalue weighted by molar-refractivity contribution is 5.89. The third kappa shape index (κ3) is 4.68. The molecule has 0 fully saturated rings. The molecule has 0 atom stereocenters. The van der Waals surface area contributed by atoms with Gasteiger partial charge in [0.1, 0.15) is 0 Å². The zero-order valence-electron chi connectivity index (χ0n) is 21.4. The van der Waals surface area contributed by atoms with Gasteiger partial charge in [0.05, 0.1) is 34.1 Å². The molecule has 0 aliphatic rings. The maximum absolute atomic E-state index is 5.89. The molecule has 5 nitrogen and oxygen atoms in total. The van der Waals surface area contributed by atoms with Crippen LogP contribution in [-0.2, 0) is 6.42 Å². The molecule has 0 radical (unpaired) electrons. The van der Waals surface area contributed by atoms with Crippen LogP contribution in [0.15, 0.2) is 91.1 Å². The second kappa shape index (κ2) is 10.6. The van der Waals surface area contributed by atoms with E-state index in [9.17, 15) is 0 Å². The van der Waals surface area contributed by atoms with Crippen LogP contribution in [0.5, 0.6) is 23.0 Å². The third-order valence-corrected chi connectivity index (χ3v) is 6.62. The first-order valence-corrected chi connectivity index (χ1v) is 12.1. The van der Waals surface area contributed by atoms with E-state index in [2.05, 4.69) is 42.5 Å². The summed E-state index contributed by atoms with van der Waals surface area (Å²) in [6.45, 7) is 0. The summed E-state index contributed by atoms with van der Waals surface area (Å²) < 4.78 is 22.6. The summed E-state index contributed by atoms with van der Waals surface area (Å²) in [6, 6.07) is 28.9. The van der Waals surface area contributed by atoms with Crippen LogP contribution in [0.2, 0.25) is 0 Å². The van der Waals surface area contributed by atoms with Gasteiger partial charge in [-0.1, -0.05) is 60.7 Å². The Morgan fingerprint density at radius 3 is 1.92 bits per heavy atom. The molecule has 0 amide bonds. The molecule has 0 unspecified atom stereocenters. The molecular weight excluding hydrogens is 462 g/mol. The standard InChI is InChI=1S/C32H29NO4/c1-34-28-15-14-25(18-27-26-20-30(36-3)29(35-2)19-24(26)16-17-33-27)31(32(28)37-4)23-12-10-22(11-13-23)21-8-6-5-7-9-21/h5-17,19-20H,18H2,1-4H3. The average Bonchev–Trinajstić information content (AvgIpc) is 2.96. The molecule has 5 heteroatoms. The van der Waals surface area contributed by atoms with Gasteiger partial charge in [-0.2, -0.15) is 0 Å². The minimum atomic E-state index is 0.600. The molecule has 1 aromatic heterocycles. The van der Waals surface area contributed by atoms with Crippen molar-refractivity contribution in [3.8, 4) is 45.3 Å². The Balaban J connectivity index is 1.63. The van der Waals surface area contributed by atoms with E-state index in [1.807, 2.05) is 48.7 Å². The van der Waals surface area contributed by atoms with Crippen molar-refractivity contribution in [3.63, 3.8) is 0 Å². The van der Waals surface area contributed by atoms with Gasteiger partial charge in [0.2, 0.25) is 0 Å². The molecule has 0 aliphatic heterocycles. The monoisotopic (exact) mass is 491 g/mol. The second-order valence-electron chi connectivity index (χ2n) is 8.64. The fourth-order valence-corrected chi connectivity index (χ4v) is 4.77. The van der Waals surface area contributed by atoms with Crippen LogP contribution >= 0.6 is 0 Å². The molecule has 0 bridgehead atoms. The molecule has 0 saturated heterocycles. The number of nitrogens with zero attached hydrogens (tertiary/aromatic N) is 1. The van der Waals surface area contributed by atoms with E-state index in [0.29, 0.717) is 29.4 Å². The molecule has 1 heterocycles. The SMILES string of the molecule is COc1cc2ccnc(Cc3ccc(OC)c(OC)c3-c3ccc(-c4ccccc4)cc3)c2cc1OC. The van der Waals surface area contributed by atoms with Crippen molar-refractivity contribution >= 4 is 10.8 Å². The molecule has 0 saturated carbocycles. The minimum absolute atomic E-state index is 0.600. The van der Waals surface area contributed by atoms with Crippen LogP contribution in [0.3, 0.4) is 0 Å². The summed E-state index contributed by atoms with van der Waals surface area (Å²) in [5.74, 6) is 2.75. The third-order valence-electron chi connectivity index (χ3n) is 6.62. The van der Waals surface area contributed by atoms with Crippen LogP contribution in [0.4, 0.5) is 0 Å². The molecule has 186 valence electrons. The van der Waals surface area contributed by atoms with Crippen molar-refractivity contribution in [2.75, 3.05) is 28.4 Å². The summed E-state index contributed by atoms with van der Waals surface area (Å²) in [6.07, 6.45) is 2.43. The maximum atomic E-state index is 5.89. The topological polar surface area (TPSA) is 49.8 Å². The van der Waals surface area contributed by atoms with Crippen molar-refractivity contribution in [2.24, 2.45) is 0 Å². The average molecular weight is 492 g/mol. The van der Waals surface area contributed by atoms with Gasteiger partial charge < -0.3 is 18.9 Å². The van der Waals surface area contributed by atoms with Crippen LogP contribution < -0.4 is 18.9 Å². The number of hydrogen-bond donors (Lipinski definition) is 0. The Bertz CT molecular complexity index is 1530. The molecule has 0 spiro atoms. The Morgan fingerprint density at radius 2 is 1.24 bits per heavy atom. The van der Waals surface area contributed by atoms with Gasteiger partial charge in [0.25, 0.3) is 0 Å². The lowest BCUT2D eigenvalue weighted by Crippen LogP contribution is -2.01. The van der Waals surface area contributed by atoms with Crippen molar-refractivity contribution < 1.29 is 18.9 Å². The highest BCUT2D eigenvalue weighted by Gasteiger charge is 2.19. The zero-order valence-corrected chi connectivity index (χ0v) is 21.4. The lowest BCUT2D eigenvalue weighted by Gasteiger charge is -2.18. The molecule has 0 N–H and O–H groups in total. The van der Waals surface area contributed by atoms with Crippen LogP contribution in [-0.4, -0.2) is 33.4 Å². The van der Waals surface area contributed by atoms with Gasteiger partial charge in [-0.3, -0.25) is 4.98 Å². The van der Waals surface area contributed by atoms with E-state index in [0.717, 1.165) is 38.7 Å². The van der Waals surface area contributed by atoms with E-state index < -0.39 is 0 Å². The van der Waals surface area contributed by atoms with Crippen molar-refractivity contribution in [3.05, 3.63) is 102 Å². The Labute approximate surface area is 217 Å². The minimum Gasteiger partial charge on any atom is -0.493 e. The molecular formula is C32H29NO4. The quantitative estimate of drug-likeness (QED) is 0.230. The van der Waals surface area contributed by atoms with Gasteiger partial charge in [-0.05, 0) is 51.9 Å². The smallest absolute Gasteiger partial charge is 0.168 e. The van der Waals surface area contributed by atoms with Crippen LogP contribution in [0.1, 0.15) is 11.3 Å². The summed E-state index contributed by atoms with van der Waals surface area (Å²) in [4.78, 5) is 4.75. The van der Waals surface area contributed by atoms with Crippen molar-refractivity contribution in [2.45, 2.75) is 6.42 Å². The first-order chi connectivity index (χ1) is 18.2. The van der Waals surface area contributed by atoms with Gasteiger partial charge >= 0.3 is 0 Å².